The molecule has 1 aliphatic rings. The summed E-state index contributed by atoms with van der Waals surface area (Å²) < 4.78 is 4.72. The van der Waals surface area contributed by atoms with Crippen molar-refractivity contribution in [1.29, 1.82) is 0 Å². The Morgan fingerprint density at radius 2 is 1.40 bits per heavy atom. The number of aromatic nitrogens is 6. The van der Waals surface area contributed by atoms with E-state index in [4.69, 9.17) is 4.74 Å². The molecule has 0 aliphatic carbocycles. The second-order valence-electron chi connectivity index (χ2n) is 13.8. The van der Waals surface area contributed by atoms with E-state index in [9.17, 15) is 24.3 Å². The number of likely N-dealkylation sites (tertiary alicyclic amines) is 1. The maximum Gasteiger partial charge on any atom is 0.407 e. The molecule has 3 amide bonds. The molecule has 0 radical (unpaired) electrons. The Morgan fingerprint density at radius 1 is 0.776 bits per heavy atom. The van der Waals surface area contributed by atoms with E-state index in [1.807, 2.05) is 43.3 Å². The molecule has 6 N–H and O–H groups in total. The predicted octanol–water partition coefficient (Wildman–Crippen LogP) is 5.91. The van der Waals surface area contributed by atoms with Crippen molar-refractivity contribution in [2.45, 2.75) is 43.9 Å². The van der Waals surface area contributed by atoms with Gasteiger partial charge in [0.15, 0.2) is 11.6 Å². The monoisotopic (exact) mass is 782 g/mol. The number of ether oxygens (including phenoxy) is 1. The quantitative estimate of drug-likeness (QED) is 0.0762. The van der Waals surface area contributed by atoms with Crippen LogP contribution in [0.1, 0.15) is 66.7 Å². The number of methoxy groups -OCH3 is 1. The van der Waals surface area contributed by atoms with Crippen molar-refractivity contribution in [1.82, 2.24) is 50.8 Å². The van der Waals surface area contributed by atoms with Gasteiger partial charge in [0.1, 0.15) is 23.7 Å². The van der Waals surface area contributed by atoms with Crippen molar-refractivity contribution in [2.75, 3.05) is 20.2 Å². The summed E-state index contributed by atoms with van der Waals surface area (Å²) >= 11 is 0. The highest BCUT2D eigenvalue weighted by Crippen LogP contribution is 2.34. The fourth-order valence-corrected chi connectivity index (χ4v) is 6.93. The zero-order chi connectivity index (χ0) is 40.6. The number of hydrogen-bond donors (Lipinski definition) is 6. The third-order valence-corrected chi connectivity index (χ3v) is 10.0. The van der Waals surface area contributed by atoms with Crippen LogP contribution >= 0.6 is 0 Å². The van der Waals surface area contributed by atoms with Gasteiger partial charge in [-0.05, 0) is 36.5 Å². The fourth-order valence-electron chi connectivity index (χ4n) is 6.93. The minimum Gasteiger partial charge on any atom is -0.465 e. The predicted molar refractivity (Wildman–Crippen MR) is 213 cm³/mol. The number of nitrogens with zero attached hydrogens (tertiary/aromatic N) is 5. The van der Waals surface area contributed by atoms with Crippen LogP contribution in [0.15, 0.2) is 110 Å². The Morgan fingerprint density at radius 3 is 2.05 bits per heavy atom. The molecule has 7 rings (SSSR count). The van der Waals surface area contributed by atoms with E-state index >= 15 is 0 Å². The number of Topliss-reactive ketones (excluding diaryl/α,β-unsaturated/α-hetero) is 1. The van der Waals surface area contributed by atoms with Crippen LogP contribution in [0.3, 0.4) is 0 Å². The van der Waals surface area contributed by atoms with Gasteiger partial charge in [0, 0.05) is 30.1 Å². The molecule has 4 heterocycles. The summed E-state index contributed by atoms with van der Waals surface area (Å²) in [5.74, 6) is 1.21. The molecule has 16 heteroatoms. The van der Waals surface area contributed by atoms with Crippen LogP contribution in [0.2, 0.25) is 0 Å². The number of imidazole rings is 2. The summed E-state index contributed by atoms with van der Waals surface area (Å²) in [6.45, 7) is 2.36. The fraction of sp³-hybridized carbons (Fsp3) is 0.238. The molecule has 0 saturated carbocycles. The zero-order valence-corrected chi connectivity index (χ0v) is 31.8. The lowest BCUT2D eigenvalue weighted by molar-refractivity contribution is -0.134. The molecule has 6 aromatic rings. The number of alkyl carbamates (subject to hydrolysis) is 1. The molecular formula is C42H42N10O6. The van der Waals surface area contributed by atoms with Crippen LogP contribution < -0.4 is 16.0 Å². The first-order valence-corrected chi connectivity index (χ1v) is 18.7. The highest BCUT2D eigenvalue weighted by atomic mass is 16.5. The smallest absolute Gasteiger partial charge is 0.407 e. The summed E-state index contributed by atoms with van der Waals surface area (Å²) in [7, 11) is 1.25. The average molecular weight is 783 g/mol. The van der Waals surface area contributed by atoms with E-state index in [1.54, 1.807) is 78.2 Å². The Kier molecular flexibility index (Phi) is 11.9. The molecule has 1 aliphatic heterocycles. The molecule has 1 saturated heterocycles. The van der Waals surface area contributed by atoms with Gasteiger partial charge >= 0.3 is 12.2 Å². The number of carbonyl (C=O) groups excluding carboxylic acids is 3. The van der Waals surface area contributed by atoms with Gasteiger partial charge in [0.2, 0.25) is 0 Å². The summed E-state index contributed by atoms with van der Waals surface area (Å²) in [5, 5.41) is 17.7. The molecule has 16 nitrogen and oxygen atoms in total. The van der Waals surface area contributed by atoms with Crippen molar-refractivity contribution in [3.8, 4) is 33.9 Å². The lowest BCUT2D eigenvalue weighted by atomic mass is 10.0. The maximum atomic E-state index is 13.7. The van der Waals surface area contributed by atoms with Crippen LogP contribution in [0.5, 0.6) is 0 Å². The van der Waals surface area contributed by atoms with Crippen LogP contribution in [0, 0.1) is 0 Å². The summed E-state index contributed by atoms with van der Waals surface area (Å²) in [4.78, 5) is 77.0. The van der Waals surface area contributed by atoms with E-state index in [1.165, 1.54) is 7.11 Å². The topological polar surface area (TPSA) is 220 Å². The number of carboxylic acid groups (broad SMARTS) is 1. The Labute approximate surface area is 333 Å². The number of carbonyl (C=O) groups is 4. The van der Waals surface area contributed by atoms with Gasteiger partial charge in [0.05, 0.1) is 49.5 Å². The zero-order valence-electron chi connectivity index (χ0n) is 31.8. The van der Waals surface area contributed by atoms with Crippen molar-refractivity contribution in [2.24, 2.45) is 0 Å². The second kappa shape index (κ2) is 17.7. The first-order valence-electron chi connectivity index (χ1n) is 18.7. The molecular weight excluding hydrogens is 741 g/mol. The van der Waals surface area contributed by atoms with Gasteiger partial charge in [-0.3, -0.25) is 9.59 Å². The minimum atomic E-state index is -1.28. The van der Waals surface area contributed by atoms with Crippen molar-refractivity contribution >= 4 is 23.9 Å². The molecule has 58 heavy (non-hydrogen) atoms. The van der Waals surface area contributed by atoms with Crippen LogP contribution in [-0.4, -0.2) is 84.0 Å². The van der Waals surface area contributed by atoms with Gasteiger partial charge in [-0.2, -0.15) is 0 Å². The third kappa shape index (κ3) is 8.92. The Balaban J connectivity index is 0.967. The van der Waals surface area contributed by atoms with E-state index in [0.717, 1.165) is 28.8 Å². The molecule has 0 spiro atoms. The van der Waals surface area contributed by atoms with Gasteiger partial charge in [-0.25, -0.2) is 29.5 Å². The Bertz CT molecular complexity index is 2350. The third-order valence-electron chi connectivity index (χ3n) is 10.0. The number of rotatable bonds is 14. The lowest BCUT2D eigenvalue weighted by Crippen LogP contribution is -2.42. The molecule has 4 atom stereocenters. The van der Waals surface area contributed by atoms with E-state index < -0.39 is 24.3 Å². The molecule has 3 aromatic heterocycles. The van der Waals surface area contributed by atoms with Crippen molar-refractivity contribution in [3.63, 3.8) is 0 Å². The molecule has 3 aromatic carbocycles. The molecule has 0 bridgehead atoms. The van der Waals surface area contributed by atoms with Gasteiger partial charge in [-0.1, -0.05) is 84.9 Å². The van der Waals surface area contributed by atoms with E-state index in [-0.39, 0.29) is 30.3 Å². The number of aromatic amines is 2. The summed E-state index contributed by atoms with van der Waals surface area (Å²) in [5.41, 5.74) is 5.13. The SMILES string of the molecule is COC(=O)N[C@@H](C(=O)CN[C@@H](C)c1ncc(-c2ccc(-c3ncc(-c4cnc([C@@H]5CCCN5C(=O)[C@H](NC(=O)O)c5ccccc5)[nH]4)cn3)cc2)[nH]1)c1ccccc1. The van der Waals surface area contributed by atoms with Crippen molar-refractivity contribution in [3.05, 3.63) is 132 Å². The largest absolute Gasteiger partial charge is 0.465 e. The van der Waals surface area contributed by atoms with E-state index in [2.05, 4.69) is 45.9 Å². The van der Waals surface area contributed by atoms with Crippen LogP contribution in [-0.2, 0) is 14.3 Å². The molecule has 0 unspecified atom stereocenters. The standard InChI is InChI=1S/C42H42N10O6/c1-25(43-24-34(53)35(51-42(57)58-2)27-10-5-3-6-11-27)37-46-22-31(48-37)26-15-17-29(18-16-26)38-44-20-30(21-45-38)32-23-47-39(49-32)33-14-9-19-52(33)40(54)36(50-41(55)56)28-12-7-4-8-13-28/h3-8,10-13,15-18,20-23,25,33,35-36,43,50H,9,14,19,24H2,1-2H3,(H,46,48)(H,47,49)(H,51,57)(H,55,56)/t25-,33-,35+,36+/m0/s1. The minimum absolute atomic E-state index is 0.0143. The van der Waals surface area contributed by atoms with E-state index in [0.29, 0.717) is 47.3 Å². The van der Waals surface area contributed by atoms with Gasteiger partial charge < -0.3 is 40.7 Å². The van der Waals surface area contributed by atoms with Gasteiger partial charge in [-0.15, -0.1) is 0 Å². The number of benzene rings is 3. The first kappa shape index (κ1) is 39.1. The number of H-pyrrole nitrogens is 2. The van der Waals surface area contributed by atoms with Crippen LogP contribution in [0.4, 0.5) is 9.59 Å². The number of ketones is 1. The van der Waals surface area contributed by atoms with Crippen LogP contribution in [0.25, 0.3) is 33.9 Å². The average Bonchev–Trinajstić information content (AvgIpc) is 4.06. The molecule has 296 valence electrons. The maximum absolute atomic E-state index is 13.7. The summed E-state index contributed by atoms with van der Waals surface area (Å²) in [6.07, 6.45) is 6.31. The first-order chi connectivity index (χ1) is 28.2. The number of amides is 3. The van der Waals surface area contributed by atoms with Crippen molar-refractivity contribution < 1.29 is 29.0 Å². The Hall–Kier alpha value is -7.20. The second-order valence-corrected chi connectivity index (χ2v) is 13.8. The number of hydrogen-bond acceptors (Lipinski definition) is 10. The number of nitrogens with one attached hydrogen (secondary N) is 5. The lowest BCUT2D eigenvalue weighted by Gasteiger charge is -2.28. The normalized spacial score (nSPS) is 15.3. The molecule has 1 fully saturated rings. The highest BCUT2D eigenvalue weighted by molar-refractivity contribution is 5.90. The van der Waals surface area contributed by atoms with Gasteiger partial charge in [0.25, 0.3) is 5.91 Å². The summed E-state index contributed by atoms with van der Waals surface area (Å²) in [6, 6.07) is 23.0. The highest BCUT2D eigenvalue weighted by Gasteiger charge is 2.37.